The molecule has 1 aliphatic rings. The molecule has 0 aliphatic heterocycles. The Hall–Kier alpha value is -2.23. The SMILES string of the molecule is CCCCCCCCC1CCC(CCc2ccc(C(=O)Oc3ccc(CCC)cc3)c(F)c2F)CC1. The van der Waals surface area contributed by atoms with E-state index in [1.807, 2.05) is 12.1 Å². The Morgan fingerprint density at radius 2 is 1.39 bits per heavy atom. The van der Waals surface area contributed by atoms with Crippen LogP contribution in [0.25, 0.3) is 0 Å². The Morgan fingerprint density at radius 1 is 0.750 bits per heavy atom. The van der Waals surface area contributed by atoms with Crippen LogP contribution in [-0.2, 0) is 12.8 Å². The van der Waals surface area contributed by atoms with Crippen LogP contribution in [0.5, 0.6) is 5.75 Å². The summed E-state index contributed by atoms with van der Waals surface area (Å²) in [6.45, 7) is 4.35. The number of rotatable bonds is 14. The molecule has 0 aromatic heterocycles. The molecular formula is C32H44F2O2. The molecular weight excluding hydrogens is 454 g/mol. The van der Waals surface area contributed by atoms with Gasteiger partial charge >= 0.3 is 5.97 Å². The summed E-state index contributed by atoms with van der Waals surface area (Å²) in [5.74, 6) is -1.15. The number of carbonyl (C=O) groups excluding carboxylic acids is 1. The third-order valence-electron chi connectivity index (χ3n) is 7.81. The Morgan fingerprint density at radius 3 is 2.06 bits per heavy atom. The summed E-state index contributed by atoms with van der Waals surface area (Å²) >= 11 is 0. The molecule has 1 saturated carbocycles. The smallest absolute Gasteiger partial charge is 0.346 e. The molecule has 1 fully saturated rings. The van der Waals surface area contributed by atoms with Crippen LogP contribution < -0.4 is 4.74 Å². The molecule has 0 bridgehead atoms. The van der Waals surface area contributed by atoms with Gasteiger partial charge in [-0.3, -0.25) is 0 Å². The van der Waals surface area contributed by atoms with Crippen LogP contribution in [-0.4, -0.2) is 5.97 Å². The maximum atomic E-state index is 14.8. The van der Waals surface area contributed by atoms with Crippen molar-refractivity contribution in [2.75, 3.05) is 0 Å². The van der Waals surface area contributed by atoms with Crippen LogP contribution >= 0.6 is 0 Å². The minimum Gasteiger partial charge on any atom is -0.423 e. The topological polar surface area (TPSA) is 26.3 Å². The number of carbonyl (C=O) groups is 1. The minimum absolute atomic E-state index is 0.329. The normalized spacial score (nSPS) is 17.8. The largest absolute Gasteiger partial charge is 0.423 e. The van der Waals surface area contributed by atoms with Gasteiger partial charge in [0.1, 0.15) is 5.75 Å². The molecule has 36 heavy (non-hydrogen) atoms. The van der Waals surface area contributed by atoms with E-state index in [4.69, 9.17) is 4.74 Å². The molecule has 0 radical (unpaired) electrons. The molecule has 1 aliphatic carbocycles. The van der Waals surface area contributed by atoms with Crippen molar-refractivity contribution in [3.63, 3.8) is 0 Å². The lowest BCUT2D eigenvalue weighted by Crippen LogP contribution is -2.16. The number of ether oxygens (including phenoxy) is 1. The van der Waals surface area contributed by atoms with Crippen molar-refractivity contribution in [2.24, 2.45) is 11.8 Å². The molecule has 0 saturated heterocycles. The van der Waals surface area contributed by atoms with Crippen LogP contribution in [0.1, 0.15) is 119 Å². The van der Waals surface area contributed by atoms with Gasteiger partial charge in [0.2, 0.25) is 0 Å². The highest BCUT2D eigenvalue weighted by atomic mass is 19.2. The second-order valence-corrected chi connectivity index (χ2v) is 10.7. The number of esters is 1. The maximum absolute atomic E-state index is 14.8. The predicted octanol–water partition coefficient (Wildman–Crippen LogP) is 9.63. The maximum Gasteiger partial charge on any atom is 0.346 e. The van der Waals surface area contributed by atoms with E-state index in [1.165, 1.54) is 76.7 Å². The predicted molar refractivity (Wildman–Crippen MR) is 144 cm³/mol. The highest BCUT2D eigenvalue weighted by Crippen LogP contribution is 2.34. The number of hydrogen-bond acceptors (Lipinski definition) is 2. The van der Waals surface area contributed by atoms with Crippen molar-refractivity contribution in [2.45, 2.75) is 110 Å². The highest BCUT2D eigenvalue weighted by molar-refractivity contribution is 5.91. The summed E-state index contributed by atoms with van der Waals surface area (Å²) in [6, 6.07) is 10.0. The van der Waals surface area contributed by atoms with Crippen molar-refractivity contribution in [1.29, 1.82) is 0 Å². The first-order chi connectivity index (χ1) is 17.5. The first kappa shape index (κ1) is 28.3. The summed E-state index contributed by atoms with van der Waals surface area (Å²) < 4.78 is 34.8. The lowest BCUT2D eigenvalue weighted by molar-refractivity contribution is 0.0728. The van der Waals surface area contributed by atoms with E-state index in [1.54, 1.807) is 18.2 Å². The minimum atomic E-state index is -1.11. The van der Waals surface area contributed by atoms with E-state index >= 15 is 0 Å². The number of halogens is 2. The standard InChI is InChI=1S/C32H44F2O2/c1-3-5-6-7-8-9-11-25-12-14-26(15-13-25)16-19-27-20-23-29(31(34)30(27)33)32(35)36-28-21-17-24(10-4-2)18-22-28/h17-18,20-23,25-26H,3-16,19H2,1-2H3. The molecule has 4 heteroatoms. The van der Waals surface area contributed by atoms with Gasteiger partial charge in [-0.25, -0.2) is 13.6 Å². The van der Waals surface area contributed by atoms with Gasteiger partial charge in [0.15, 0.2) is 11.6 Å². The Balaban J connectivity index is 1.43. The monoisotopic (exact) mass is 498 g/mol. The molecule has 0 spiro atoms. The molecule has 0 unspecified atom stereocenters. The lowest BCUT2D eigenvalue weighted by atomic mass is 9.77. The molecule has 2 nitrogen and oxygen atoms in total. The summed E-state index contributed by atoms with van der Waals surface area (Å²) in [5, 5.41) is 0. The Bertz CT molecular complexity index is 930. The second-order valence-electron chi connectivity index (χ2n) is 10.7. The van der Waals surface area contributed by atoms with Gasteiger partial charge in [-0.05, 0) is 60.4 Å². The Kier molecular flexibility index (Phi) is 11.9. The fraction of sp³-hybridized carbons (Fsp3) is 0.594. The molecule has 198 valence electrons. The lowest BCUT2D eigenvalue weighted by Gasteiger charge is -2.28. The fourth-order valence-corrected chi connectivity index (χ4v) is 5.50. The van der Waals surface area contributed by atoms with E-state index < -0.39 is 17.6 Å². The van der Waals surface area contributed by atoms with Crippen molar-refractivity contribution in [1.82, 2.24) is 0 Å². The molecule has 0 atom stereocenters. The number of aryl methyl sites for hydroxylation is 2. The average Bonchev–Trinajstić information content (AvgIpc) is 2.89. The van der Waals surface area contributed by atoms with Gasteiger partial charge in [-0.15, -0.1) is 0 Å². The van der Waals surface area contributed by atoms with E-state index in [0.29, 0.717) is 23.7 Å². The summed E-state index contributed by atoms with van der Waals surface area (Å²) in [7, 11) is 0. The van der Waals surface area contributed by atoms with Gasteiger partial charge < -0.3 is 4.74 Å². The van der Waals surface area contributed by atoms with Crippen molar-refractivity contribution in [3.05, 3.63) is 64.7 Å². The molecule has 2 aromatic rings. The van der Waals surface area contributed by atoms with Crippen LogP contribution in [0.4, 0.5) is 8.78 Å². The average molecular weight is 499 g/mol. The zero-order valence-corrected chi connectivity index (χ0v) is 22.3. The number of hydrogen-bond donors (Lipinski definition) is 0. The zero-order valence-electron chi connectivity index (χ0n) is 22.3. The van der Waals surface area contributed by atoms with Gasteiger partial charge in [-0.1, -0.05) is 109 Å². The highest BCUT2D eigenvalue weighted by Gasteiger charge is 2.23. The van der Waals surface area contributed by atoms with Crippen LogP contribution in [0.2, 0.25) is 0 Å². The molecule has 2 aromatic carbocycles. The Labute approximate surface area is 216 Å². The third kappa shape index (κ3) is 8.71. The zero-order chi connectivity index (χ0) is 25.8. The van der Waals surface area contributed by atoms with Crippen LogP contribution in [0, 0.1) is 23.5 Å². The van der Waals surface area contributed by atoms with Crippen LogP contribution in [0.3, 0.4) is 0 Å². The molecule has 3 rings (SSSR count). The van der Waals surface area contributed by atoms with Crippen LogP contribution in [0.15, 0.2) is 36.4 Å². The van der Waals surface area contributed by atoms with E-state index in [-0.39, 0.29) is 5.56 Å². The van der Waals surface area contributed by atoms with E-state index in [0.717, 1.165) is 30.7 Å². The summed E-state index contributed by atoms with van der Waals surface area (Å²) in [4.78, 5) is 12.5. The van der Waals surface area contributed by atoms with Crippen molar-refractivity contribution < 1.29 is 18.3 Å². The van der Waals surface area contributed by atoms with Gasteiger partial charge in [0, 0.05) is 0 Å². The first-order valence-corrected chi connectivity index (χ1v) is 14.3. The summed E-state index contributed by atoms with van der Waals surface area (Å²) in [6.07, 6.45) is 17.7. The molecule has 0 N–H and O–H groups in total. The van der Waals surface area contributed by atoms with E-state index in [9.17, 15) is 13.6 Å². The van der Waals surface area contributed by atoms with Crippen molar-refractivity contribution in [3.8, 4) is 5.75 Å². The number of benzene rings is 2. The van der Waals surface area contributed by atoms with Gasteiger partial charge in [0.25, 0.3) is 0 Å². The second kappa shape index (κ2) is 15.1. The first-order valence-electron chi connectivity index (χ1n) is 14.3. The summed E-state index contributed by atoms with van der Waals surface area (Å²) in [5.41, 5.74) is 1.14. The molecule has 0 amide bonds. The quantitative estimate of drug-likeness (QED) is 0.147. The van der Waals surface area contributed by atoms with Crippen molar-refractivity contribution >= 4 is 5.97 Å². The van der Waals surface area contributed by atoms with Gasteiger partial charge in [-0.2, -0.15) is 0 Å². The molecule has 0 heterocycles. The number of unbranched alkanes of at least 4 members (excludes halogenated alkanes) is 5. The fourth-order valence-electron chi connectivity index (χ4n) is 5.50. The van der Waals surface area contributed by atoms with E-state index in [2.05, 4.69) is 13.8 Å². The van der Waals surface area contributed by atoms with Gasteiger partial charge in [0.05, 0.1) is 5.56 Å². The third-order valence-corrected chi connectivity index (χ3v) is 7.81.